The number of anilines is 1. The van der Waals surface area contributed by atoms with E-state index in [9.17, 15) is 9.59 Å². The number of ether oxygens (including phenoxy) is 1. The number of rotatable bonds is 4. The van der Waals surface area contributed by atoms with E-state index in [0.29, 0.717) is 44.2 Å². The summed E-state index contributed by atoms with van der Waals surface area (Å²) in [4.78, 5) is 26.6. The lowest BCUT2D eigenvalue weighted by Crippen LogP contribution is -2.41. The average molecular weight is 318 g/mol. The summed E-state index contributed by atoms with van der Waals surface area (Å²) < 4.78 is 11.9. The number of morpholine rings is 1. The van der Waals surface area contributed by atoms with E-state index < -0.39 is 5.91 Å². The van der Waals surface area contributed by atoms with Crippen molar-refractivity contribution in [2.75, 3.05) is 31.6 Å². The van der Waals surface area contributed by atoms with Crippen molar-refractivity contribution in [3.63, 3.8) is 0 Å². The van der Waals surface area contributed by atoms with E-state index in [1.165, 1.54) is 12.5 Å². The molecule has 1 aliphatic heterocycles. The number of aryl methyl sites for hydroxylation is 1. The van der Waals surface area contributed by atoms with Crippen LogP contribution in [0.3, 0.4) is 0 Å². The Morgan fingerprint density at radius 2 is 2.13 bits per heavy atom. The summed E-state index contributed by atoms with van der Waals surface area (Å²) in [6.45, 7) is 4.50. The minimum Gasteiger partial charge on any atom is -0.459 e. The first-order valence-corrected chi connectivity index (χ1v) is 7.48. The quantitative estimate of drug-likeness (QED) is 0.915. The highest BCUT2D eigenvalue weighted by atomic mass is 16.5. The fourth-order valence-corrected chi connectivity index (χ4v) is 2.45. The standard InChI is InChI=1S/C15H18N4O4/c1-2-19-13(15(21)18-5-8-22-9-6-18)11(10-16-19)17-14(20)12-4-3-7-23-12/h3-4,7,10H,2,5-6,8-9H2,1H3,(H,17,20). The molecule has 0 saturated carbocycles. The highest BCUT2D eigenvalue weighted by Gasteiger charge is 2.26. The first-order chi connectivity index (χ1) is 11.2. The second-order valence-electron chi connectivity index (χ2n) is 5.06. The molecule has 3 heterocycles. The maximum Gasteiger partial charge on any atom is 0.291 e. The van der Waals surface area contributed by atoms with Crippen LogP contribution in [-0.4, -0.2) is 52.8 Å². The van der Waals surface area contributed by atoms with Crippen molar-refractivity contribution in [1.82, 2.24) is 14.7 Å². The van der Waals surface area contributed by atoms with Crippen LogP contribution in [0.5, 0.6) is 0 Å². The van der Waals surface area contributed by atoms with Gasteiger partial charge in [-0.2, -0.15) is 5.10 Å². The van der Waals surface area contributed by atoms with Crippen LogP contribution in [0.25, 0.3) is 0 Å². The SMILES string of the molecule is CCn1ncc(NC(=O)c2ccco2)c1C(=O)N1CCOCC1. The summed E-state index contributed by atoms with van der Waals surface area (Å²) in [7, 11) is 0. The van der Waals surface area contributed by atoms with Crippen molar-refractivity contribution in [2.45, 2.75) is 13.5 Å². The molecular formula is C15H18N4O4. The monoisotopic (exact) mass is 318 g/mol. The predicted molar refractivity (Wildman–Crippen MR) is 81.3 cm³/mol. The molecule has 0 aromatic carbocycles. The fourth-order valence-electron chi connectivity index (χ4n) is 2.45. The van der Waals surface area contributed by atoms with E-state index in [1.54, 1.807) is 21.7 Å². The Labute approximate surface area is 133 Å². The maximum absolute atomic E-state index is 12.8. The lowest BCUT2D eigenvalue weighted by molar-refractivity contribution is 0.0295. The third-order valence-electron chi connectivity index (χ3n) is 3.63. The van der Waals surface area contributed by atoms with Gasteiger partial charge in [0.1, 0.15) is 5.69 Å². The Balaban J connectivity index is 1.84. The molecule has 1 saturated heterocycles. The second-order valence-corrected chi connectivity index (χ2v) is 5.06. The fraction of sp³-hybridized carbons (Fsp3) is 0.400. The van der Waals surface area contributed by atoms with Gasteiger partial charge in [-0.05, 0) is 19.1 Å². The Hall–Kier alpha value is -2.61. The molecule has 2 amide bonds. The third-order valence-corrected chi connectivity index (χ3v) is 3.63. The topological polar surface area (TPSA) is 89.6 Å². The summed E-state index contributed by atoms with van der Waals surface area (Å²) in [6.07, 6.45) is 2.90. The lowest BCUT2D eigenvalue weighted by atomic mass is 10.2. The van der Waals surface area contributed by atoms with Crippen molar-refractivity contribution in [1.29, 1.82) is 0 Å². The number of furan rings is 1. The molecule has 0 aliphatic carbocycles. The second kappa shape index (κ2) is 6.66. The predicted octanol–water partition coefficient (Wildman–Crippen LogP) is 1.22. The van der Waals surface area contributed by atoms with Crippen molar-refractivity contribution >= 4 is 17.5 Å². The molecule has 2 aromatic heterocycles. The van der Waals surface area contributed by atoms with Gasteiger partial charge in [-0.1, -0.05) is 0 Å². The molecular weight excluding hydrogens is 300 g/mol. The van der Waals surface area contributed by atoms with Crippen molar-refractivity contribution < 1.29 is 18.7 Å². The zero-order valence-corrected chi connectivity index (χ0v) is 12.8. The van der Waals surface area contributed by atoms with Gasteiger partial charge in [0, 0.05) is 19.6 Å². The smallest absolute Gasteiger partial charge is 0.291 e. The molecule has 0 radical (unpaired) electrons. The van der Waals surface area contributed by atoms with Crippen LogP contribution in [-0.2, 0) is 11.3 Å². The summed E-state index contributed by atoms with van der Waals surface area (Å²) in [5.41, 5.74) is 0.749. The Morgan fingerprint density at radius 3 is 2.78 bits per heavy atom. The number of amides is 2. The number of nitrogens with one attached hydrogen (secondary N) is 1. The van der Waals surface area contributed by atoms with Gasteiger partial charge in [-0.25, -0.2) is 0 Å². The molecule has 0 unspecified atom stereocenters. The van der Waals surface area contributed by atoms with Crippen LogP contribution in [0.4, 0.5) is 5.69 Å². The van der Waals surface area contributed by atoms with Crippen LogP contribution in [0.2, 0.25) is 0 Å². The summed E-state index contributed by atoms with van der Waals surface area (Å²) in [6, 6.07) is 3.19. The van der Waals surface area contributed by atoms with E-state index in [2.05, 4.69) is 10.4 Å². The van der Waals surface area contributed by atoms with Gasteiger partial charge in [-0.3, -0.25) is 14.3 Å². The minimum absolute atomic E-state index is 0.164. The van der Waals surface area contributed by atoms with Crippen molar-refractivity contribution in [3.8, 4) is 0 Å². The van der Waals surface area contributed by atoms with Gasteiger partial charge in [0.2, 0.25) is 0 Å². The molecule has 122 valence electrons. The molecule has 0 atom stereocenters. The van der Waals surface area contributed by atoms with Gasteiger partial charge in [-0.15, -0.1) is 0 Å². The Kier molecular flexibility index (Phi) is 4.42. The summed E-state index contributed by atoms with van der Waals surface area (Å²) >= 11 is 0. The van der Waals surface area contributed by atoms with Gasteiger partial charge < -0.3 is 19.4 Å². The lowest BCUT2D eigenvalue weighted by Gasteiger charge is -2.27. The van der Waals surface area contributed by atoms with Crippen LogP contribution >= 0.6 is 0 Å². The van der Waals surface area contributed by atoms with Crippen molar-refractivity contribution in [2.24, 2.45) is 0 Å². The summed E-state index contributed by atoms with van der Waals surface area (Å²) in [5.74, 6) is -0.400. The largest absolute Gasteiger partial charge is 0.459 e. The first-order valence-electron chi connectivity index (χ1n) is 7.48. The van der Waals surface area contributed by atoms with Crippen molar-refractivity contribution in [3.05, 3.63) is 36.0 Å². The normalized spacial score (nSPS) is 14.7. The molecule has 2 aromatic rings. The molecule has 8 heteroatoms. The maximum atomic E-state index is 12.8. The van der Waals surface area contributed by atoms with E-state index in [1.807, 2.05) is 6.92 Å². The number of hydrogen-bond donors (Lipinski definition) is 1. The van der Waals surface area contributed by atoms with E-state index in [4.69, 9.17) is 9.15 Å². The average Bonchev–Trinajstić information content (AvgIpc) is 3.24. The molecule has 3 rings (SSSR count). The van der Waals surface area contributed by atoms with Gasteiger partial charge in [0.05, 0.1) is 31.4 Å². The van der Waals surface area contributed by atoms with Crippen LogP contribution in [0, 0.1) is 0 Å². The summed E-state index contributed by atoms with van der Waals surface area (Å²) in [5, 5.41) is 6.87. The van der Waals surface area contributed by atoms with E-state index >= 15 is 0 Å². The zero-order chi connectivity index (χ0) is 16.2. The first kappa shape index (κ1) is 15.3. The number of carbonyl (C=O) groups is 2. The number of aromatic nitrogens is 2. The highest BCUT2D eigenvalue weighted by molar-refractivity contribution is 6.07. The molecule has 8 nitrogen and oxygen atoms in total. The Bertz CT molecular complexity index is 686. The molecule has 23 heavy (non-hydrogen) atoms. The molecule has 0 bridgehead atoms. The van der Waals surface area contributed by atoms with Crippen LogP contribution in [0.15, 0.2) is 29.0 Å². The van der Waals surface area contributed by atoms with Gasteiger partial charge in [0.25, 0.3) is 11.8 Å². The van der Waals surface area contributed by atoms with Crippen LogP contribution in [0.1, 0.15) is 28.0 Å². The van der Waals surface area contributed by atoms with Crippen LogP contribution < -0.4 is 5.32 Å². The highest BCUT2D eigenvalue weighted by Crippen LogP contribution is 2.19. The number of hydrogen-bond acceptors (Lipinski definition) is 5. The van der Waals surface area contributed by atoms with Gasteiger partial charge in [0.15, 0.2) is 5.76 Å². The molecule has 1 N–H and O–H groups in total. The van der Waals surface area contributed by atoms with E-state index in [0.717, 1.165) is 0 Å². The Morgan fingerprint density at radius 1 is 1.35 bits per heavy atom. The third kappa shape index (κ3) is 3.11. The molecule has 1 fully saturated rings. The van der Waals surface area contributed by atoms with E-state index in [-0.39, 0.29) is 11.7 Å². The number of carbonyl (C=O) groups excluding carboxylic acids is 2. The zero-order valence-electron chi connectivity index (χ0n) is 12.8. The molecule has 1 aliphatic rings. The minimum atomic E-state index is -0.415. The number of nitrogens with zero attached hydrogens (tertiary/aromatic N) is 3. The van der Waals surface area contributed by atoms with Gasteiger partial charge >= 0.3 is 0 Å². The molecule has 0 spiro atoms.